The molecule has 0 saturated carbocycles. The SMILES string of the molecule is CCC(C)(CCCl)NC(=O)c1sccc1Br. The number of rotatable bonds is 5. The van der Waals surface area contributed by atoms with E-state index in [1.807, 2.05) is 18.4 Å². The van der Waals surface area contributed by atoms with Gasteiger partial charge in [-0.1, -0.05) is 6.92 Å². The number of carbonyl (C=O) groups is 1. The molecule has 0 saturated heterocycles. The standard InChI is InChI=1S/C11H15BrClNOS/c1-3-11(2,5-6-13)14-10(15)9-8(12)4-7-16-9/h4,7H,3,5-6H2,1-2H3,(H,14,15). The van der Waals surface area contributed by atoms with Crippen molar-refractivity contribution in [2.45, 2.75) is 32.2 Å². The zero-order valence-electron chi connectivity index (χ0n) is 9.35. The molecule has 1 amide bonds. The monoisotopic (exact) mass is 323 g/mol. The van der Waals surface area contributed by atoms with Gasteiger partial charge in [0.1, 0.15) is 4.88 Å². The van der Waals surface area contributed by atoms with Crippen LogP contribution in [0.4, 0.5) is 0 Å². The molecule has 0 radical (unpaired) electrons. The molecular weight excluding hydrogens is 310 g/mol. The van der Waals surface area contributed by atoms with Gasteiger partial charge in [0.2, 0.25) is 0 Å². The van der Waals surface area contributed by atoms with Crippen LogP contribution in [0.3, 0.4) is 0 Å². The summed E-state index contributed by atoms with van der Waals surface area (Å²) in [5.41, 5.74) is -0.220. The van der Waals surface area contributed by atoms with Crippen molar-refractivity contribution in [3.8, 4) is 0 Å². The predicted octanol–water partition coefficient (Wildman–Crippen LogP) is 4.04. The fourth-order valence-corrected chi connectivity index (χ4v) is 3.19. The van der Waals surface area contributed by atoms with E-state index in [1.54, 1.807) is 0 Å². The quantitative estimate of drug-likeness (QED) is 0.814. The lowest BCUT2D eigenvalue weighted by molar-refractivity contribution is 0.0905. The van der Waals surface area contributed by atoms with Gasteiger partial charge in [-0.3, -0.25) is 4.79 Å². The highest BCUT2D eigenvalue weighted by molar-refractivity contribution is 9.10. The molecule has 0 aliphatic carbocycles. The Morgan fingerprint density at radius 2 is 2.38 bits per heavy atom. The summed E-state index contributed by atoms with van der Waals surface area (Å²) in [6, 6.07) is 1.88. The van der Waals surface area contributed by atoms with Crippen molar-refractivity contribution in [2.75, 3.05) is 5.88 Å². The van der Waals surface area contributed by atoms with Crippen molar-refractivity contribution in [1.29, 1.82) is 0 Å². The Morgan fingerprint density at radius 3 is 2.81 bits per heavy atom. The molecular formula is C11H15BrClNOS. The van der Waals surface area contributed by atoms with Gasteiger partial charge in [-0.15, -0.1) is 22.9 Å². The molecule has 1 aromatic heterocycles. The van der Waals surface area contributed by atoms with E-state index in [0.717, 1.165) is 17.3 Å². The van der Waals surface area contributed by atoms with E-state index in [9.17, 15) is 4.79 Å². The molecule has 0 fully saturated rings. The second kappa shape index (κ2) is 6.03. The average Bonchev–Trinajstić information content (AvgIpc) is 2.65. The first kappa shape index (κ1) is 14.0. The molecule has 1 N–H and O–H groups in total. The lowest BCUT2D eigenvalue weighted by Crippen LogP contribution is -2.45. The minimum Gasteiger partial charge on any atom is -0.346 e. The van der Waals surface area contributed by atoms with Crippen LogP contribution in [-0.4, -0.2) is 17.3 Å². The minimum absolute atomic E-state index is 0.0312. The molecule has 1 heterocycles. The third kappa shape index (κ3) is 3.47. The van der Waals surface area contributed by atoms with Crippen LogP contribution < -0.4 is 5.32 Å². The summed E-state index contributed by atoms with van der Waals surface area (Å²) in [6.45, 7) is 4.07. The van der Waals surface area contributed by atoms with E-state index in [2.05, 4.69) is 28.2 Å². The normalized spacial score (nSPS) is 14.5. The van der Waals surface area contributed by atoms with Crippen molar-refractivity contribution in [1.82, 2.24) is 5.32 Å². The second-order valence-corrected chi connectivity index (χ2v) is 6.05. The lowest BCUT2D eigenvalue weighted by Gasteiger charge is -2.28. The molecule has 0 aliphatic rings. The molecule has 90 valence electrons. The molecule has 0 bridgehead atoms. The summed E-state index contributed by atoms with van der Waals surface area (Å²) in [7, 11) is 0. The summed E-state index contributed by atoms with van der Waals surface area (Å²) in [5.74, 6) is 0.521. The van der Waals surface area contributed by atoms with Gasteiger partial charge in [0.15, 0.2) is 0 Å². The van der Waals surface area contributed by atoms with Gasteiger partial charge in [-0.2, -0.15) is 0 Å². The summed E-state index contributed by atoms with van der Waals surface area (Å²) in [5, 5.41) is 4.94. The molecule has 2 nitrogen and oxygen atoms in total. The van der Waals surface area contributed by atoms with E-state index < -0.39 is 0 Å². The Bertz CT molecular complexity index is 369. The van der Waals surface area contributed by atoms with Crippen LogP contribution in [0.5, 0.6) is 0 Å². The summed E-state index contributed by atoms with van der Waals surface area (Å²) in [4.78, 5) is 12.7. The van der Waals surface area contributed by atoms with Gasteiger partial charge < -0.3 is 5.32 Å². The number of carbonyl (C=O) groups excluding carboxylic acids is 1. The number of nitrogens with one attached hydrogen (secondary N) is 1. The first-order valence-electron chi connectivity index (χ1n) is 5.14. The third-order valence-electron chi connectivity index (χ3n) is 2.67. The maximum atomic E-state index is 12.0. The smallest absolute Gasteiger partial charge is 0.262 e. The molecule has 0 spiro atoms. The number of thiophene rings is 1. The van der Waals surface area contributed by atoms with Crippen LogP contribution in [0.1, 0.15) is 36.4 Å². The Hall–Kier alpha value is -0.0600. The van der Waals surface area contributed by atoms with Crippen LogP contribution in [0, 0.1) is 0 Å². The highest BCUT2D eigenvalue weighted by Crippen LogP contribution is 2.24. The van der Waals surface area contributed by atoms with Crippen LogP contribution in [0.2, 0.25) is 0 Å². The topological polar surface area (TPSA) is 29.1 Å². The van der Waals surface area contributed by atoms with E-state index >= 15 is 0 Å². The van der Waals surface area contributed by atoms with Crippen molar-refractivity contribution < 1.29 is 4.79 Å². The lowest BCUT2D eigenvalue weighted by atomic mass is 9.95. The average molecular weight is 325 g/mol. The molecule has 0 aliphatic heterocycles. The minimum atomic E-state index is -0.220. The van der Waals surface area contributed by atoms with Gasteiger partial charge >= 0.3 is 0 Å². The zero-order valence-corrected chi connectivity index (χ0v) is 12.5. The predicted molar refractivity (Wildman–Crippen MR) is 73.5 cm³/mol. The van der Waals surface area contributed by atoms with Crippen LogP contribution in [0.25, 0.3) is 0 Å². The van der Waals surface area contributed by atoms with Gasteiger partial charge in [0.05, 0.1) is 0 Å². The Labute approximate surface area is 114 Å². The molecule has 1 unspecified atom stereocenters. The maximum absolute atomic E-state index is 12.0. The highest BCUT2D eigenvalue weighted by atomic mass is 79.9. The zero-order chi connectivity index (χ0) is 12.2. The number of alkyl halides is 1. The summed E-state index contributed by atoms with van der Waals surface area (Å²) in [6.07, 6.45) is 1.65. The number of amides is 1. The number of halogens is 2. The number of hydrogen-bond acceptors (Lipinski definition) is 2. The fourth-order valence-electron chi connectivity index (χ4n) is 1.32. The molecule has 0 aromatic carbocycles. The van der Waals surface area contributed by atoms with Crippen molar-refractivity contribution in [2.24, 2.45) is 0 Å². The van der Waals surface area contributed by atoms with Gasteiger partial charge in [-0.25, -0.2) is 0 Å². The Morgan fingerprint density at radius 1 is 1.69 bits per heavy atom. The van der Waals surface area contributed by atoms with E-state index in [0.29, 0.717) is 10.8 Å². The van der Waals surface area contributed by atoms with Crippen molar-refractivity contribution in [3.05, 3.63) is 20.8 Å². The fraction of sp³-hybridized carbons (Fsp3) is 0.545. The Balaban J connectivity index is 2.73. The van der Waals surface area contributed by atoms with E-state index in [-0.39, 0.29) is 11.4 Å². The molecule has 1 atom stereocenters. The summed E-state index contributed by atoms with van der Waals surface area (Å²) < 4.78 is 0.847. The third-order valence-corrected chi connectivity index (χ3v) is 4.69. The van der Waals surface area contributed by atoms with Gasteiger partial charge in [-0.05, 0) is 47.1 Å². The number of hydrogen-bond donors (Lipinski definition) is 1. The molecule has 16 heavy (non-hydrogen) atoms. The maximum Gasteiger partial charge on any atom is 0.262 e. The van der Waals surface area contributed by atoms with Crippen molar-refractivity contribution in [3.63, 3.8) is 0 Å². The molecule has 1 rings (SSSR count). The van der Waals surface area contributed by atoms with E-state index in [1.165, 1.54) is 11.3 Å². The summed E-state index contributed by atoms with van der Waals surface area (Å²) >= 11 is 10.5. The first-order chi connectivity index (χ1) is 7.52. The van der Waals surface area contributed by atoms with Gasteiger partial charge in [0.25, 0.3) is 5.91 Å². The largest absolute Gasteiger partial charge is 0.346 e. The second-order valence-electron chi connectivity index (χ2n) is 3.90. The van der Waals surface area contributed by atoms with Crippen LogP contribution in [0.15, 0.2) is 15.9 Å². The van der Waals surface area contributed by atoms with E-state index in [4.69, 9.17) is 11.6 Å². The molecule has 5 heteroatoms. The molecule has 1 aromatic rings. The van der Waals surface area contributed by atoms with Gasteiger partial charge in [0, 0.05) is 15.9 Å². The van der Waals surface area contributed by atoms with Crippen LogP contribution in [-0.2, 0) is 0 Å². The highest BCUT2D eigenvalue weighted by Gasteiger charge is 2.25. The Kier molecular flexibility index (Phi) is 5.28. The first-order valence-corrected chi connectivity index (χ1v) is 7.34. The van der Waals surface area contributed by atoms with Crippen LogP contribution >= 0.6 is 38.9 Å². The van der Waals surface area contributed by atoms with Crippen molar-refractivity contribution >= 4 is 44.8 Å².